The summed E-state index contributed by atoms with van der Waals surface area (Å²) in [6.45, 7) is 2.86. The lowest BCUT2D eigenvalue weighted by Crippen LogP contribution is -2.02. The Labute approximate surface area is 117 Å². The summed E-state index contributed by atoms with van der Waals surface area (Å²) in [5.74, 6) is 1.55. The van der Waals surface area contributed by atoms with Crippen molar-refractivity contribution in [1.29, 1.82) is 0 Å². The van der Waals surface area contributed by atoms with E-state index in [1.54, 1.807) is 12.5 Å². The lowest BCUT2D eigenvalue weighted by molar-refractivity contribution is 1.11. The monoisotopic (exact) mass is 265 g/mol. The molecule has 0 saturated heterocycles. The SMILES string of the molecule is CCNc1cc(Nc2cccc3cccnc23)ncn1. The number of aromatic nitrogens is 3. The van der Waals surface area contributed by atoms with Crippen LogP contribution in [-0.4, -0.2) is 21.5 Å². The number of nitrogens with one attached hydrogen (secondary N) is 2. The van der Waals surface area contributed by atoms with Crippen molar-refractivity contribution in [1.82, 2.24) is 15.0 Å². The highest BCUT2D eigenvalue weighted by Gasteiger charge is 2.03. The Balaban J connectivity index is 1.95. The molecular formula is C15H15N5. The van der Waals surface area contributed by atoms with Crippen LogP contribution in [0, 0.1) is 0 Å². The second-order valence-corrected chi connectivity index (χ2v) is 4.32. The Morgan fingerprint density at radius 3 is 2.75 bits per heavy atom. The predicted octanol–water partition coefficient (Wildman–Crippen LogP) is 3.20. The third-order valence-corrected chi connectivity index (χ3v) is 2.92. The molecule has 0 fully saturated rings. The van der Waals surface area contributed by atoms with Gasteiger partial charge in [0.25, 0.3) is 0 Å². The normalized spacial score (nSPS) is 10.4. The summed E-state index contributed by atoms with van der Waals surface area (Å²) in [6, 6.07) is 11.9. The maximum atomic E-state index is 4.41. The topological polar surface area (TPSA) is 62.7 Å². The predicted molar refractivity (Wildman–Crippen MR) is 81.2 cm³/mol. The van der Waals surface area contributed by atoms with Crippen LogP contribution in [0.4, 0.5) is 17.3 Å². The summed E-state index contributed by atoms with van der Waals surface area (Å²) in [5.41, 5.74) is 1.86. The van der Waals surface area contributed by atoms with E-state index in [1.807, 2.05) is 43.3 Å². The summed E-state index contributed by atoms with van der Waals surface area (Å²) >= 11 is 0. The van der Waals surface area contributed by atoms with Crippen LogP contribution in [-0.2, 0) is 0 Å². The highest BCUT2D eigenvalue weighted by molar-refractivity contribution is 5.91. The molecule has 0 atom stereocenters. The van der Waals surface area contributed by atoms with E-state index in [0.29, 0.717) is 0 Å². The molecule has 0 aliphatic heterocycles. The molecule has 2 heterocycles. The molecule has 3 aromatic rings. The van der Waals surface area contributed by atoms with Crippen LogP contribution in [0.1, 0.15) is 6.92 Å². The number of para-hydroxylation sites is 1. The van der Waals surface area contributed by atoms with Crippen molar-refractivity contribution in [3.63, 3.8) is 0 Å². The average Bonchev–Trinajstić information content (AvgIpc) is 2.48. The Morgan fingerprint density at radius 1 is 1.00 bits per heavy atom. The van der Waals surface area contributed by atoms with Crippen LogP contribution in [0.2, 0.25) is 0 Å². The smallest absolute Gasteiger partial charge is 0.135 e. The van der Waals surface area contributed by atoms with Crippen LogP contribution in [0.3, 0.4) is 0 Å². The van der Waals surface area contributed by atoms with Crippen molar-refractivity contribution in [2.45, 2.75) is 6.92 Å². The molecule has 0 saturated carbocycles. The van der Waals surface area contributed by atoms with Crippen molar-refractivity contribution < 1.29 is 0 Å². The fourth-order valence-corrected chi connectivity index (χ4v) is 2.05. The highest BCUT2D eigenvalue weighted by atomic mass is 15.1. The molecule has 0 spiro atoms. The number of nitrogens with zero attached hydrogens (tertiary/aromatic N) is 3. The zero-order valence-electron chi connectivity index (χ0n) is 11.2. The van der Waals surface area contributed by atoms with Gasteiger partial charge in [0.05, 0.1) is 11.2 Å². The fraction of sp³-hybridized carbons (Fsp3) is 0.133. The summed E-state index contributed by atoms with van der Waals surface area (Å²) in [4.78, 5) is 12.8. The maximum absolute atomic E-state index is 4.41. The number of fused-ring (bicyclic) bond motifs is 1. The minimum absolute atomic E-state index is 0.745. The van der Waals surface area contributed by atoms with E-state index in [9.17, 15) is 0 Å². The average molecular weight is 265 g/mol. The van der Waals surface area contributed by atoms with E-state index in [0.717, 1.165) is 34.8 Å². The zero-order chi connectivity index (χ0) is 13.8. The third kappa shape index (κ3) is 2.51. The molecule has 100 valence electrons. The Morgan fingerprint density at radius 2 is 1.85 bits per heavy atom. The van der Waals surface area contributed by atoms with Crippen molar-refractivity contribution in [2.75, 3.05) is 17.2 Å². The standard InChI is InChI=1S/C15H15N5/c1-2-16-13-9-14(19-10-18-13)20-12-7-3-5-11-6-4-8-17-15(11)12/h3-10H,2H2,1H3,(H2,16,18,19,20). The molecule has 0 bridgehead atoms. The van der Waals surface area contributed by atoms with E-state index >= 15 is 0 Å². The molecule has 3 rings (SSSR count). The van der Waals surface area contributed by atoms with Gasteiger partial charge in [-0.05, 0) is 19.1 Å². The van der Waals surface area contributed by atoms with Crippen LogP contribution < -0.4 is 10.6 Å². The summed E-state index contributed by atoms with van der Waals surface area (Å²) in [6.07, 6.45) is 3.33. The van der Waals surface area contributed by atoms with Crippen LogP contribution in [0.5, 0.6) is 0 Å². The highest BCUT2D eigenvalue weighted by Crippen LogP contribution is 2.24. The first-order valence-electron chi connectivity index (χ1n) is 6.53. The van der Waals surface area contributed by atoms with E-state index in [2.05, 4.69) is 25.6 Å². The number of pyridine rings is 1. The van der Waals surface area contributed by atoms with Gasteiger partial charge in [-0.2, -0.15) is 0 Å². The largest absolute Gasteiger partial charge is 0.370 e. The summed E-state index contributed by atoms with van der Waals surface area (Å²) < 4.78 is 0. The van der Waals surface area contributed by atoms with Crippen molar-refractivity contribution in [3.8, 4) is 0 Å². The van der Waals surface area contributed by atoms with Gasteiger partial charge in [-0.15, -0.1) is 0 Å². The first kappa shape index (κ1) is 12.3. The molecule has 5 heteroatoms. The molecule has 20 heavy (non-hydrogen) atoms. The Kier molecular flexibility index (Phi) is 3.41. The minimum Gasteiger partial charge on any atom is -0.370 e. The second kappa shape index (κ2) is 5.52. The molecule has 1 aromatic carbocycles. The minimum atomic E-state index is 0.745. The Hall–Kier alpha value is -2.69. The number of rotatable bonds is 4. The molecule has 2 aromatic heterocycles. The zero-order valence-corrected chi connectivity index (χ0v) is 11.2. The quantitative estimate of drug-likeness (QED) is 0.758. The summed E-state index contributed by atoms with van der Waals surface area (Å²) in [7, 11) is 0. The van der Waals surface area contributed by atoms with Gasteiger partial charge in [0.2, 0.25) is 0 Å². The molecule has 2 N–H and O–H groups in total. The van der Waals surface area contributed by atoms with Gasteiger partial charge in [-0.25, -0.2) is 9.97 Å². The molecule has 0 aliphatic rings. The van der Waals surface area contributed by atoms with Gasteiger partial charge in [0, 0.05) is 24.2 Å². The van der Waals surface area contributed by atoms with Gasteiger partial charge in [0.1, 0.15) is 18.0 Å². The maximum Gasteiger partial charge on any atom is 0.135 e. The lowest BCUT2D eigenvalue weighted by atomic mass is 10.2. The number of anilines is 3. The summed E-state index contributed by atoms with van der Waals surface area (Å²) in [5, 5.41) is 7.55. The van der Waals surface area contributed by atoms with E-state index in [1.165, 1.54) is 0 Å². The van der Waals surface area contributed by atoms with E-state index < -0.39 is 0 Å². The number of benzene rings is 1. The molecular weight excluding hydrogens is 250 g/mol. The molecule has 5 nitrogen and oxygen atoms in total. The van der Waals surface area contributed by atoms with Crippen LogP contribution >= 0.6 is 0 Å². The second-order valence-electron chi connectivity index (χ2n) is 4.32. The first-order valence-corrected chi connectivity index (χ1v) is 6.53. The van der Waals surface area contributed by atoms with Crippen molar-refractivity contribution in [2.24, 2.45) is 0 Å². The van der Waals surface area contributed by atoms with Gasteiger partial charge in [0.15, 0.2) is 0 Å². The van der Waals surface area contributed by atoms with Gasteiger partial charge < -0.3 is 10.6 Å². The molecule has 0 amide bonds. The van der Waals surface area contributed by atoms with E-state index in [4.69, 9.17) is 0 Å². The lowest BCUT2D eigenvalue weighted by Gasteiger charge is -2.09. The Bertz CT molecular complexity index is 721. The molecule has 0 unspecified atom stereocenters. The molecule has 0 aliphatic carbocycles. The van der Waals surface area contributed by atoms with Crippen molar-refractivity contribution >= 4 is 28.2 Å². The number of hydrogen-bond acceptors (Lipinski definition) is 5. The third-order valence-electron chi connectivity index (χ3n) is 2.92. The van der Waals surface area contributed by atoms with Crippen LogP contribution in [0.25, 0.3) is 10.9 Å². The van der Waals surface area contributed by atoms with Crippen LogP contribution in [0.15, 0.2) is 48.9 Å². The van der Waals surface area contributed by atoms with E-state index in [-0.39, 0.29) is 0 Å². The first-order chi connectivity index (χ1) is 9.86. The molecule has 0 radical (unpaired) electrons. The van der Waals surface area contributed by atoms with Gasteiger partial charge in [-0.3, -0.25) is 4.98 Å². The number of hydrogen-bond donors (Lipinski definition) is 2. The fourth-order valence-electron chi connectivity index (χ4n) is 2.05. The van der Waals surface area contributed by atoms with Gasteiger partial charge >= 0.3 is 0 Å². The van der Waals surface area contributed by atoms with Crippen molar-refractivity contribution in [3.05, 3.63) is 48.9 Å². The van der Waals surface area contributed by atoms with Gasteiger partial charge in [-0.1, -0.05) is 18.2 Å².